The molecule has 5 rings (SSSR count). The van der Waals surface area contributed by atoms with Crippen LogP contribution in [0.3, 0.4) is 0 Å². The SMILES string of the molecule is COc1ccncc1CCN1CCN(C(=O)c2ccc(NS(=O)(=O)c3cccc4cccnc34)c(OC(F)(F)F)c2)CC1. The van der Waals surface area contributed by atoms with Crippen LogP contribution >= 0.6 is 0 Å². The number of benzene rings is 2. The lowest BCUT2D eigenvalue weighted by Gasteiger charge is -2.35. The van der Waals surface area contributed by atoms with Crippen LogP contribution in [0.5, 0.6) is 11.5 Å². The molecule has 1 fully saturated rings. The number of piperazine rings is 1. The van der Waals surface area contributed by atoms with E-state index in [1.165, 1.54) is 24.4 Å². The number of hydrogen-bond donors (Lipinski definition) is 1. The topological polar surface area (TPSA) is 114 Å². The zero-order valence-corrected chi connectivity index (χ0v) is 23.9. The highest BCUT2D eigenvalue weighted by Gasteiger charge is 2.34. The molecule has 10 nitrogen and oxygen atoms in total. The maximum absolute atomic E-state index is 13.3. The fraction of sp³-hybridized carbons (Fsp3) is 0.276. The molecule has 0 aliphatic carbocycles. The van der Waals surface area contributed by atoms with Crippen LogP contribution in [0, 0.1) is 0 Å². The number of carbonyl (C=O) groups excluding carboxylic acids is 1. The monoisotopic (exact) mass is 615 g/mol. The molecular formula is C29H28F3N5O5S. The molecule has 4 aromatic rings. The number of hydrogen-bond acceptors (Lipinski definition) is 8. The lowest BCUT2D eigenvalue weighted by Crippen LogP contribution is -2.49. The van der Waals surface area contributed by atoms with Crippen molar-refractivity contribution in [3.05, 3.63) is 84.3 Å². The van der Waals surface area contributed by atoms with Gasteiger partial charge >= 0.3 is 6.36 Å². The molecule has 43 heavy (non-hydrogen) atoms. The van der Waals surface area contributed by atoms with Crippen molar-refractivity contribution < 1.29 is 35.9 Å². The highest BCUT2D eigenvalue weighted by molar-refractivity contribution is 7.93. The molecular weight excluding hydrogens is 587 g/mol. The first-order chi connectivity index (χ1) is 20.5. The van der Waals surface area contributed by atoms with Crippen molar-refractivity contribution in [2.75, 3.05) is 44.6 Å². The fourth-order valence-corrected chi connectivity index (χ4v) is 6.13. The number of fused-ring (bicyclic) bond motifs is 1. The number of ether oxygens (including phenoxy) is 2. The Morgan fingerprint density at radius 3 is 2.51 bits per heavy atom. The molecule has 1 aliphatic rings. The molecule has 2 aromatic carbocycles. The molecule has 1 aliphatic heterocycles. The normalized spacial score (nSPS) is 14.5. The van der Waals surface area contributed by atoms with Crippen LogP contribution in [0.4, 0.5) is 18.9 Å². The number of pyridine rings is 2. The third-order valence-corrected chi connectivity index (χ3v) is 8.42. The first-order valence-electron chi connectivity index (χ1n) is 13.3. The largest absolute Gasteiger partial charge is 0.573 e. The molecule has 0 radical (unpaired) electrons. The highest BCUT2D eigenvalue weighted by Crippen LogP contribution is 2.34. The van der Waals surface area contributed by atoms with Gasteiger partial charge in [0, 0.05) is 67.8 Å². The van der Waals surface area contributed by atoms with Crippen LogP contribution in [0.15, 0.2) is 78.1 Å². The van der Waals surface area contributed by atoms with Crippen molar-refractivity contribution >= 4 is 32.5 Å². The lowest BCUT2D eigenvalue weighted by molar-refractivity contribution is -0.274. The van der Waals surface area contributed by atoms with E-state index in [4.69, 9.17) is 4.74 Å². The Morgan fingerprint density at radius 1 is 1.00 bits per heavy atom. The van der Waals surface area contributed by atoms with Gasteiger partial charge < -0.3 is 14.4 Å². The number of rotatable bonds is 9. The smallest absolute Gasteiger partial charge is 0.496 e. The molecule has 226 valence electrons. The molecule has 2 aromatic heterocycles. The Balaban J connectivity index is 1.30. The molecule has 3 heterocycles. The number of halogens is 3. The van der Waals surface area contributed by atoms with Crippen LogP contribution in [0.1, 0.15) is 15.9 Å². The van der Waals surface area contributed by atoms with Gasteiger partial charge in [-0.1, -0.05) is 18.2 Å². The molecule has 1 saturated heterocycles. The van der Waals surface area contributed by atoms with Crippen molar-refractivity contribution in [3.63, 3.8) is 0 Å². The quantitative estimate of drug-likeness (QED) is 0.296. The van der Waals surface area contributed by atoms with Gasteiger partial charge in [-0.15, -0.1) is 13.2 Å². The molecule has 0 saturated carbocycles. The lowest BCUT2D eigenvalue weighted by atomic mass is 10.1. The van der Waals surface area contributed by atoms with Crippen molar-refractivity contribution in [1.29, 1.82) is 0 Å². The summed E-state index contributed by atoms with van der Waals surface area (Å²) in [5.74, 6) is -0.590. The summed E-state index contributed by atoms with van der Waals surface area (Å²) in [4.78, 5) is 25.0. The predicted octanol–water partition coefficient (Wildman–Crippen LogP) is 4.34. The van der Waals surface area contributed by atoms with Crippen molar-refractivity contribution in [2.24, 2.45) is 0 Å². The maximum atomic E-state index is 13.3. The second kappa shape index (κ2) is 12.4. The van der Waals surface area contributed by atoms with E-state index in [-0.39, 0.29) is 16.0 Å². The molecule has 0 spiro atoms. The first-order valence-corrected chi connectivity index (χ1v) is 14.8. The summed E-state index contributed by atoms with van der Waals surface area (Å²) in [6.45, 7) is 2.57. The van der Waals surface area contributed by atoms with Gasteiger partial charge in [0.05, 0.1) is 18.3 Å². The zero-order chi connectivity index (χ0) is 30.6. The summed E-state index contributed by atoms with van der Waals surface area (Å²) in [5, 5.41) is 0.537. The molecule has 0 unspecified atom stereocenters. The highest BCUT2D eigenvalue weighted by atomic mass is 32.2. The summed E-state index contributed by atoms with van der Waals surface area (Å²) >= 11 is 0. The second-order valence-electron chi connectivity index (χ2n) is 9.77. The molecule has 1 N–H and O–H groups in total. The van der Waals surface area contributed by atoms with Crippen molar-refractivity contribution in [3.8, 4) is 11.5 Å². The fourth-order valence-electron chi connectivity index (χ4n) is 4.88. The van der Waals surface area contributed by atoms with Crippen molar-refractivity contribution in [2.45, 2.75) is 17.7 Å². The standard InChI is InChI=1S/C29H28F3N5O5S/c1-41-24-9-12-33-19-22(24)10-13-36-14-16-37(17-15-36)28(38)21-7-8-23(25(18-21)42-29(30,31)32)35-43(39,40)26-6-2-4-20-5-3-11-34-27(20)26/h2-9,11-12,18-19,35H,10,13-17H2,1H3. The summed E-state index contributed by atoms with van der Waals surface area (Å²) in [5.41, 5.74) is 0.578. The molecule has 14 heteroatoms. The number of methoxy groups -OCH3 is 1. The Bertz CT molecular complexity index is 1720. The average Bonchev–Trinajstić information content (AvgIpc) is 2.99. The number of para-hydroxylation sites is 1. The third-order valence-electron chi connectivity index (χ3n) is 7.02. The number of amides is 1. The van der Waals surface area contributed by atoms with Crippen molar-refractivity contribution in [1.82, 2.24) is 19.8 Å². The van der Waals surface area contributed by atoms with Gasteiger partial charge in [0.2, 0.25) is 0 Å². The van der Waals surface area contributed by atoms with Gasteiger partial charge in [0.15, 0.2) is 5.75 Å². The maximum Gasteiger partial charge on any atom is 0.573 e. The zero-order valence-electron chi connectivity index (χ0n) is 23.0. The summed E-state index contributed by atoms with van der Waals surface area (Å²) in [6.07, 6.45) is 0.391. The minimum atomic E-state index is -5.13. The summed E-state index contributed by atoms with van der Waals surface area (Å²) in [7, 11) is -2.78. The van der Waals surface area contributed by atoms with Crippen LogP contribution in [0.2, 0.25) is 0 Å². The Hall–Kier alpha value is -4.43. The van der Waals surface area contributed by atoms with E-state index in [1.807, 2.05) is 0 Å². The molecule has 0 bridgehead atoms. The van der Waals surface area contributed by atoms with E-state index in [2.05, 4.69) is 24.3 Å². The number of anilines is 1. The third kappa shape index (κ3) is 7.14. The van der Waals surface area contributed by atoms with E-state index < -0.39 is 33.7 Å². The Kier molecular flexibility index (Phi) is 8.69. The minimum absolute atomic E-state index is 0.0671. The van der Waals surface area contributed by atoms with Crippen LogP contribution < -0.4 is 14.2 Å². The van der Waals surface area contributed by atoms with Gasteiger partial charge in [-0.3, -0.25) is 24.4 Å². The van der Waals surface area contributed by atoms with E-state index in [0.717, 1.165) is 23.4 Å². The van der Waals surface area contributed by atoms with Crippen LogP contribution in [-0.2, 0) is 16.4 Å². The van der Waals surface area contributed by atoms with Crippen LogP contribution in [-0.4, -0.2) is 80.3 Å². The Labute approximate surface area is 246 Å². The summed E-state index contributed by atoms with van der Waals surface area (Å²) in [6, 6.07) is 12.8. The number of nitrogens with zero attached hydrogens (tertiary/aromatic N) is 4. The Morgan fingerprint density at radius 2 is 1.77 bits per heavy atom. The van der Waals surface area contributed by atoms with Gasteiger partial charge in [-0.25, -0.2) is 8.42 Å². The predicted molar refractivity (Wildman–Crippen MR) is 153 cm³/mol. The first kappa shape index (κ1) is 30.0. The number of carbonyl (C=O) groups is 1. The van der Waals surface area contributed by atoms with E-state index >= 15 is 0 Å². The second-order valence-corrected chi connectivity index (χ2v) is 11.4. The number of nitrogens with one attached hydrogen (secondary N) is 1. The minimum Gasteiger partial charge on any atom is -0.496 e. The van der Waals surface area contributed by atoms with E-state index in [1.54, 1.807) is 48.7 Å². The van der Waals surface area contributed by atoms with Gasteiger partial charge in [-0.05, 0) is 42.8 Å². The van der Waals surface area contributed by atoms with Crippen LogP contribution in [0.25, 0.3) is 10.9 Å². The average molecular weight is 616 g/mol. The molecule has 0 atom stereocenters. The number of aromatic nitrogens is 2. The number of sulfonamides is 1. The number of alkyl halides is 3. The summed E-state index contributed by atoms with van der Waals surface area (Å²) < 4.78 is 78.2. The van der Waals surface area contributed by atoms with E-state index in [9.17, 15) is 26.4 Å². The van der Waals surface area contributed by atoms with Gasteiger partial charge in [-0.2, -0.15) is 0 Å². The van der Waals surface area contributed by atoms with E-state index in [0.29, 0.717) is 44.5 Å². The van der Waals surface area contributed by atoms with Gasteiger partial charge in [0.25, 0.3) is 15.9 Å². The van der Waals surface area contributed by atoms with Gasteiger partial charge in [0.1, 0.15) is 10.6 Å². The molecule has 1 amide bonds.